The lowest BCUT2D eigenvalue weighted by molar-refractivity contribution is -0.658. The minimum atomic E-state index is -2.73. The number of ketones is 1. The van der Waals surface area contributed by atoms with Crippen LogP contribution in [-0.4, -0.2) is 17.5 Å². The normalized spacial score (nSPS) is 10.8. The van der Waals surface area contributed by atoms with E-state index in [1.165, 1.54) is 29.9 Å². The summed E-state index contributed by atoms with van der Waals surface area (Å²) in [6.07, 6.45) is 1.16. The van der Waals surface area contributed by atoms with Crippen LogP contribution in [0.3, 0.4) is 0 Å². The van der Waals surface area contributed by atoms with Gasteiger partial charge in [0.2, 0.25) is 12.1 Å². The summed E-state index contributed by atoms with van der Waals surface area (Å²) in [5.74, 6) is -0.930. The Morgan fingerprint density at radius 1 is 1.24 bits per heavy atom. The molecule has 0 fully saturated rings. The molecule has 0 spiro atoms. The second-order valence-electron chi connectivity index (χ2n) is 5.19. The number of carbonyl (C=O) groups is 1. The molecule has 3 rings (SSSR count). The zero-order valence-electron chi connectivity index (χ0n) is 13.1. The van der Waals surface area contributed by atoms with E-state index in [0.717, 1.165) is 17.0 Å². The average molecular weight is 415 g/mol. The van der Waals surface area contributed by atoms with E-state index in [1.807, 2.05) is 0 Å². The third kappa shape index (κ3) is 3.68. The van der Waals surface area contributed by atoms with E-state index in [4.69, 9.17) is 4.74 Å². The first kappa shape index (κ1) is 19.0. The summed E-state index contributed by atoms with van der Waals surface area (Å²) in [6, 6.07) is 10.4. The molecule has 0 atom stereocenters. The van der Waals surface area contributed by atoms with Gasteiger partial charge in [-0.15, -0.1) is 0 Å². The Kier molecular flexibility index (Phi) is 5.84. The summed E-state index contributed by atoms with van der Waals surface area (Å²) in [4.78, 5) is 12.4. The molecule has 8 heteroatoms. The van der Waals surface area contributed by atoms with Gasteiger partial charge in [-0.05, 0) is 24.3 Å². The number of rotatable bonds is 5. The van der Waals surface area contributed by atoms with Gasteiger partial charge in [0.25, 0.3) is 0 Å². The molecule has 0 bridgehead atoms. The number of methoxy groups -OCH3 is 1. The van der Waals surface area contributed by atoms with Crippen molar-refractivity contribution in [3.8, 4) is 5.75 Å². The standard InChI is InChI=1S/C17H14F3N2O2.BrH/c1-24-11-6-7-12(13(18)8-11)16(23)9-21-10-22(17(19)20)15-5-3-2-4-14(15)21;/h2-8,10,17H,9H2,1H3;1H/q+1;/p-1. The number of nitrogens with zero attached hydrogens (tertiary/aromatic N) is 2. The molecule has 0 N–H and O–H groups in total. The average Bonchev–Trinajstić information content (AvgIpc) is 2.93. The van der Waals surface area contributed by atoms with Crippen molar-refractivity contribution in [2.75, 3.05) is 7.11 Å². The Hall–Kier alpha value is -2.35. The van der Waals surface area contributed by atoms with E-state index in [9.17, 15) is 18.0 Å². The Labute approximate surface area is 152 Å². The van der Waals surface area contributed by atoms with Crippen LogP contribution in [-0.2, 0) is 6.54 Å². The van der Waals surface area contributed by atoms with Crippen LogP contribution in [0.2, 0.25) is 0 Å². The summed E-state index contributed by atoms with van der Waals surface area (Å²) in [7, 11) is 1.39. The van der Waals surface area contributed by atoms with Crippen molar-refractivity contribution < 1.29 is 44.3 Å². The van der Waals surface area contributed by atoms with Crippen molar-refractivity contribution in [2.24, 2.45) is 0 Å². The van der Waals surface area contributed by atoms with Crippen LogP contribution < -0.4 is 26.3 Å². The molecule has 0 aliphatic carbocycles. The number of fused-ring (bicyclic) bond motifs is 1. The summed E-state index contributed by atoms with van der Waals surface area (Å²) in [5, 5.41) is 0. The highest BCUT2D eigenvalue weighted by molar-refractivity contribution is 5.95. The maximum atomic E-state index is 14.0. The molecule has 0 amide bonds. The summed E-state index contributed by atoms with van der Waals surface area (Å²) in [5.41, 5.74) is 0.660. The van der Waals surface area contributed by atoms with E-state index < -0.39 is 18.1 Å². The summed E-state index contributed by atoms with van der Waals surface area (Å²) in [6.45, 7) is -2.98. The van der Waals surface area contributed by atoms with E-state index >= 15 is 0 Å². The van der Waals surface area contributed by atoms with Gasteiger partial charge in [-0.1, -0.05) is 12.1 Å². The third-order valence-corrected chi connectivity index (χ3v) is 3.73. The summed E-state index contributed by atoms with van der Waals surface area (Å²) < 4.78 is 47.3. The molecule has 1 aromatic heterocycles. The number of carbonyl (C=O) groups excluding carboxylic acids is 1. The van der Waals surface area contributed by atoms with Crippen LogP contribution in [0.25, 0.3) is 11.0 Å². The number of alkyl halides is 2. The van der Waals surface area contributed by atoms with Crippen molar-refractivity contribution in [2.45, 2.75) is 13.1 Å². The largest absolute Gasteiger partial charge is 1.00 e. The SMILES string of the molecule is COc1ccc(C(=O)C[n+]2cn(C(F)F)c3ccccc32)c(F)c1.[Br-]. The first-order chi connectivity index (χ1) is 11.5. The second kappa shape index (κ2) is 7.69. The minimum absolute atomic E-state index is 0. The fourth-order valence-corrected chi connectivity index (χ4v) is 2.57. The molecule has 0 unspecified atom stereocenters. The zero-order chi connectivity index (χ0) is 17.3. The number of hydrogen-bond acceptors (Lipinski definition) is 2. The lowest BCUT2D eigenvalue weighted by Crippen LogP contribution is -3.00. The van der Waals surface area contributed by atoms with Crippen LogP contribution >= 0.6 is 0 Å². The number of aromatic nitrogens is 2. The Balaban J connectivity index is 0.00000225. The van der Waals surface area contributed by atoms with Crippen LogP contribution in [0, 0.1) is 5.82 Å². The van der Waals surface area contributed by atoms with Gasteiger partial charge in [0.1, 0.15) is 11.6 Å². The van der Waals surface area contributed by atoms with Gasteiger partial charge in [0.05, 0.1) is 12.7 Å². The fraction of sp³-hybridized carbons (Fsp3) is 0.176. The highest BCUT2D eigenvalue weighted by Crippen LogP contribution is 2.19. The molecule has 0 aliphatic rings. The smallest absolute Gasteiger partial charge is 0.387 e. The molecule has 0 radical (unpaired) electrons. The van der Waals surface area contributed by atoms with Gasteiger partial charge in [-0.2, -0.15) is 13.3 Å². The molecule has 2 aromatic carbocycles. The lowest BCUT2D eigenvalue weighted by atomic mass is 10.1. The van der Waals surface area contributed by atoms with Crippen LogP contribution in [0.1, 0.15) is 16.9 Å². The second-order valence-corrected chi connectivity index (χ2v) is 5.19. The lowest BCUT2D eigenvalue weighted by Gasteiger charge is -2.04. The van der Waals surface area contributed by atoms with Gasteiger partial charge in [0, 0.05) is 6.07 Å². The zero-order valence-corrected chi connectivity index (χ0v) is 14.7. The minimum Gasteiger partial charge on any atom is -1.00 e. The molecule has 25 heavy (non-hydrogen) atoms. The quantitative estimate of drug-likeness (QED) is 0.446. The molecule has 3 aromatic rings. The van der Waals surface area contributed by atoms with Gasteiger partial charge < -0.3 is 21.7 Å². The highest BCUT2D eigenvalue weighted by Gasteiger charge is 2.24. The first-order valence-corrected chi connectivity index (χ1v) is 7.15. The molecule has 0 aliphatic heterocycles. The fourth-order valence-electron chi connectivity index (χ4n) is 2.57. The molecule has 0 saturated carbocycles. The number of Topliss-reactive ketones (excluding diaryl/α,β-unsaturated/α-hetero) is 1. The highest BCUT2D eigenvalue weighted by atomic mass is 79.9. The predicted octanol–water partition coefficient (Wildman–Crippen LogP) is 0.359. The maximum Gasteiger partial charge on any atom is 0.387 e. The van der Waals surface area contributed by atoms with Crippen molar-refractivity contribution in [3.63, 3.8) is 0 Å². The van der Waals surface area contributed by atoms with E-state index in [-0.39, 0.29) is 29.1 Å². The van der Waals surface area contributed by atoms with Crippen LogP contribution in [0.5, 0.6) is 5.75 Å². The van der Waals surface area contributed by atoms with Gasteiger partial charge in [-0.3, -0.25) is 4.79 Å². The topological polar surface area (TPSA) is 35.1 Å². The monoisotopic (exact) mass is 414 g/mol. The van der Waals surface area contributed by atoms with Crippen LogP contribution in [0.4, 0.5) is 13.2 Å². The van der Waals surface area contributed by atoms with Crippen molar-refractivity contribution in [1.29, 1.82) is 0 Å². The van der Waals surface area contributed by atoms with Crippen molar-refractivity contribution >= 4 is 16.8 Å². The molecular weight excluding hydrogens is 401 g/mol. The van der Waals surface area contributed by atoms with Gasteiger partial charge in [0.15, 0.2) is 17.6 Å². The predicted molar refractivity (Wildman–Crippen MR) is 80.7 cm³/mol. The maximum absolute atomic E-state index is 14.0. The molecule has 132 valence electrons. The molecular formula is C17H14BrF3N2O2. The third-order valence-electron chi connectivity index (χ3n) is 3.73. The number of ether oxygens (including phenoxy) is 1. The number of halogens is 4. The van der Waals surface area contributed by atoms with Crippen molar-refractivity contribution in [3.05, 3.63) is 60.2 Å². The Morgan fingerprint density at radius 2 is 1.96 bits per heavy atom. The number of para-hydroxylation sites is 2. The number of hydrogen-bond donors (Lipinski definition) is 0. The first-order valence-electron chi connectivity index (χ1n) is 7.15. The van der Waals surface area contributed by atoms with E-state index in [2.05, 4.69) is 0 Å². The number of benzene rings is 2. The van der Waals surface area contributed by atoms with E-state index in [1.54, 1.807) is 18.2 Å². The summed E-state index contributed by atoms with van der Waals surface area (Å²) >= 11 is 0. The number of imidazole rings is 1. The molecule has 0 saturated heterocycles. The van der Waals surface area contributed by atoms with Gasteiger partial charge >= 0.3 is 6.55 Å². The van der Waals surface area contributed by atoms with Crippen molar-refractivity contribution in [1.82, 2.24) is 4.57 Å². The molecule has 4 nitrogen and oxygen atoms in total. The Morgan fingerprint density at radius 3 is 2.60 bits per heavy atom. The van der Waals surface area contributed by atoms with Gasteiger partial charge in [-0.25, -0.2) is 8.96 Å². The molecule has 1 heterocycles. The van der Waals surface area contributed by atoms with E-state index in [0.29, 0.717) is 16.8 Å². The Bertz CT molecular complexity index is 912. The van der Waals surface area contributed by atoms with Crippen LogP contribution in [0.15, 0.2) is 48.8 Å².